The summed E-state index contributed by atoms with van der Waals surface area (Å²) in [5, 5.41) is 0. The van der Waals surface area contributed by atoms with Gasteiger partial charge in [0.15, 0.2) is 0 Å². The zero-order chi connectivity index (χ0) is 15.7. The van der Waals surface area contributed by atoms with E-state index in [9.17, 15) is 8.42 Å². The average Bonchev–Trinajstić information content (AvgIpc) is 2.45. The Morgan fingerprint density at radius 2 is 2.00 bits per heavy atom. The Morgan fingerprint density at radius 3 is 2.57 bits per heavy atom. The van der Waals surface area contributed by atoms with Crippen LogP contribution in [0.25, 0.3) is 0 Å². The molecule has 1 N–H and O–H groups in total. The Balaban J connectivity index is 2.74. The van der Waals surface area contributed by atoms with Crippen LogP contribution in [0.15, 0.2) is 41.8 Å². The summed E-state index contributed by atoms with van der Waals surface area (Å²) in [6.45, 7) is 8.38. The van der Waals surface area contributed by atoms with E-state index in [0.29, 0.717) is 18.1 Å². The van der Waals surface area contributed by atoms with Gasteiger partial charge in [-0.3, -0.25) is 0 Å². The summed E-state index contributed by atoms with van der Waals surface area (Å²) < 4.78 is 32.9. The van der Waals surface area contributed by atoms with Crippen molar-refractivity contribution >= 4 is 10.0 Å². The molecule has 0 aliphatic carbocycles. The minimum Gasteiger partial charge on any atom is -0.376 e. The first-order chi connectivity index (χ1) is 9.99. The minimum atomic E-state index is -3.50. The number of ether oxygens (including phenoxy) is 1. The molecule has 0 spiro atoms. The van der Waals surface area contributed by atoms with E-state index >= 15 is 0 Å². The molecular weight excluding hydrogens is 286 g/mol. The number of hydrogen-bond donors (Lipinski definition) is 1. The molecule has 1 aromatic carbocycles. The van der Waals surface area contributed by atoms with Crippen LogP contribution in [0, 0.1) is 6.92 Å². The van der Waals surface area contributed by atoms with Crippen LogP contribution in [0.2, 0.25) is 0 Å². The predicted octanol–water partition coefficient (Wildman–Crippen LogP) is 3.03. The van der Waals surface area contributed by atoms with Gasteiger partial charge in [0.1, 0.15) is 0 Å². The second kappa shape index (κ2) is 8.97. The van der Waals surface area contributed by atoms with E-state index in [-0.39, 0.29) is 6.04 Å². The molecule has 0 amide bonds. The maximum atomic E-state index is 12.4. The van der Waals surface area contributed by atoms with E-state index in [2.05, 4.69) is 18.2 Å². The van der Waals surface area contributed by atoms with Gasteiger partial charge in [-0.1, -0.05) is 43.5 Å². The highest BCUT2D eigenvalue weighted by atomic mass is 32.2. The summed E-state index contributed by atoms with van der Waals surface area (Å²) in [5.41, 5.74) is 1.03. The molecule has 0 aromatic heterocycles. The summed E-state index contributed by atoms with van der Waals surface area (Å²) in [7, 11) is -3.50. The monoisotopic (exact) mass is 311 g/mol. The quantitative estimate of drug-likeness (QED) is 0.534. The average molecular weight is 311 g/mol. The summed E-state index contributed by atoms with van der Waals surface area (Å²) in [5.74, 6) is 0. The second-order valence-electron chi connectivity index (χ2n) is 5.10. The first-order valence-electron chi connectivity index (χ1n) is 7.27. The summed E-state index contributed by atoms with van der Waals surface area (Å²) in [6, 6.07) is 6.63. The number of hydrogen-bond acceptors (Lipinski definition) is 3. The van der Waals surface area contributed by atoms with E-state index < -0.39 is 10.0 Å². The third-order valence-electron chi connectivity index (χ3n) is 3.11. The number of aryl methyl sites for hydroxylation is 1. The fourth-order valence-corrected chi connectivity index (χ4v) is 3.18. The van der Waals surface area contributed by atoms with Crippen LogP contribution in [0.4, 0.5) is 0 Å². The van der Waals surface area contributed by atoms with Crippen molar-refractivity contribution < 1.29 is 13.2 Å². The van der Waals surface area contributed by atoms with Gasteiger partial charge in [0.05, 0.1) is 18.1 Å². The van der Waals surface area contributed by atoms with Crippen LogP contribution in [0.3, 0.4) is 0 Å². The smallest absolute Gasteiger partial charge is 0.240 e. The first-order valence-corrected chi connectivity index (χ1v) is 8.75. The lowest BCUT2D eigenvalue weighted by Gasteiger charge is -2.18. The number of rotatable bonds is 10. The third kappa shape index (κ3) is 6.42. The van der Waals surface area contributed by atoms with E-state index in [0.717, 1.165) is 24.8 Å². The third-order valence-corrected chi connectivity index (χ3v) is 4.65. The van der Waals surface area contributed by atoms with Gasteiger partial charge in [0, 0.05) is 6.04 Å². The molecule has 118 valence electrons. The van der Waals surface area contributed by atoms with Crippen LogP contribution >= 0.6 is 0 Å². The van der Waals surface area contributed by atoms with E-state index in [1.807, 2.05) is 6.92 Å². The number of unbranched alkanes of at least 4 members (excludes halogenated alkanes) is 1. The lowest BCUT2D eigenvalue weighted by atomic mass is 10.1. The van der Waals surface area contributed by atoms with Gasteiger partial charge in [-0.2, -0.15) is 0 Å². The Morgan fingerprint density at radius 1 is 1.33 bits per heavy atom. The zero-order valence-electron chi connectivity index (χ0n) is 12.8. The van der Waals surface area contributed by atoms with Crippen LogP contribution in [0.1, 0.15) is 31.7 Å². The highest BCUT2D eigenvalue weighted by molar-refractivity contribution is 7.89. The van der Waals surface area contributed by atoms with Gasteiger partial charge in [-0.15, -0.1) is 6.58 Å². The van der Waals surface area contributed by atoms with Crippen LogP contribution < -0.4 is 4.72 Å². The highest BCUT2D eigenvalue weighted by Crippen LogP contribution is 2.12. The number of sulfonamides is 1. The molecular formula is C16H25NO3S. The molecule has 5 heteroatoms. The SMILES string of the molecule is C=CCOCC(CCCC)NS(=O)(=O)c1ccc(C)cc1. The fourth-order valence-electron chi connectivity index (χ4n) is 1.93. The van der Waals surface area contributed by atoms with Crippen molar-refractivity contribution in [1.82, 2.24) is 4.72 Å². The molecule has 21 heavy (non-hydrogen) atoms. The van der Waals surface area contributed by atoms with Gasteiger partial charge >= 0.3 is 0 Å². The molecule has 0 aliphatic rings. The maximum absolute atomic E-state index is 12.4. The van der Waals surface area contributed by atoms with Gasteiger partial charge in [0.25, 0.3) is 0 Å². The molecule has 1 atom stereocenters. The molecule has 0 aliphatic heterocycles. The van der Waals surface area contributed by atoms with Crippen molar-refractivity contribution in [3.63, 3.8) is 0 Å². The number of benzene rings is 1. The predicted molar refractivity (Wildman–Crippen MR) is 85.8 cm³/mol. The molecule has 1 rings (SSSR count). The van der Waals surface area contributed by atoms with E-state index in [1.54, 1.807) is 30.3 Å². The van der Waals surface area contributed by atoms with E-state index in [1.165, 1.54) is 0 Å². The Bertz CT molecular complexity index is 523. The van der Waals surface area contributed by atoms with Gasteiger partial charge in [-0.05, 0) is 25.5 Å². The van der Waals surface area contributed by atoms with Crippen molar-refractivity contribution in [3.8, 4) is 0 Å². The van der Waals surface area contributed by atoms with Gasteiger partial charge < -0.3 is 4.74 Å². The van der Waals surface area contributed by atoms with E-state index in [4.69, 9.17) is 4.74 Å². The first kappa shape index (κ1) is 17.9. The van der Waals surface area contributed by atoms with Crippen LogP contribution in [0.5, 0.6) is 0 Å². The molecule has 0 saturated heterocycles. The van der Waals surface area contributed by atoms with Gasteiger partial charge in [-0.25, -0.2) is 13.1 Å². The Hall–Kier alpha value is -1.17. The van der Waals surface area contributed by atoms with Gasteiger partial charge in [0.2, 0.25) is 10.0 Å². The molecule has 1 unspecified atom stereocenters. The fraction of sp³-hybridized carbons (Fsp3) is 0.500. The molecule has 0 radical (unpaired) electrons. The summed E-state index contributed by atoms with van der Waals surface area (Å²) in [6.07, 6.45) is 4.40. The lowest BCUT2D eigenvalue weighted by molar-refractivity contribution is 0.139. The molecule has 0 heterocycles. The largest absolute Gasteiger partial charge is 0.376 e. The standard InChI is InChI=1S/C16H25NO3S/c1-4-6-7-15(13-20-12-5-2)17-21(18,19)16-10-8-14(3)9-11-16/h5,8-11,15,17H,2,4,6-7,12-13H2,1,3H3. The van der Waals surface area contributed by atoms with Crippen LogP contribution in [-0.4, -0.2) is 27.7 Å². The topological polar surface area (TPSA) is 55.4 Å². The molecule has 0 saturated carbocycles. The highest BCUT2D eigenvalue weighted by Gasteiger charge is 2.19. The van der Waals surface area contributed by atoms with Crippen molar-refractivity contribution in [2.24, 2.45) is 0 Å². The molecule has 1 aromatic rings. The van der Waals surface area contributed by atoms with Crippen molar-refractivity contribution in [2.75, 3.05) is 13.2 Å². The Labute approximate surface area is 128 Å². The number of nitrogens with one attached hydrogen (secondary N) is 1. The molecule has 4 nitrogen and oxygen atoms in total. The van der Waals surface area contributed by atoms with Crippen molar-refractivity contribution in [3.05, 3.63) is 42.5 Å². The summed E-state index contributed by atoms with van der Waals surface area (Å²) >= 11 is 0. The zero-order valence-corrected chi connectivity index (χ0v) is 13.7. The molecule has 0 bridgehead atoms. The van der Waals surface area contributed by atoms with Crippen molar-refractivity contribution in [2.45, 2.75) is 44.0 Å². The molecule has 0 fully saturated rings. The minimum absolute atomic E-state index is 0.212. The normalized spacial score (nSPS) is 13.0. The van der Waals surface area contributed by atoms with Crippen molar-refractivity contribution in [1.29, 1.82) is 0 Å². The lowest BCUT2D eigenvalue weighted by Crippen LogP contribution is -2.38. The Kier molecular flexibility index (Phi) is 7.64. The second-order valence-corrected chi connectivity index (χ2v) is 6.81. The maximum Gasteiger partial charge on any atom is 0.240 e. The van der Waals surface area contributed by atoms with Crippen LogP contribution in [-0.2, 0) is 14.8 Å². The summed E-state index contributed by atoms with van der Waals surface area (Å²) in [4.78, 5) is 0.290.